The molecule has 0 radical (unpaired) electrons. The molecule has 0 aromatic carbocycles. The van der Waals surface area contributed by atoms with E-state index in [0.29, 0.717) is 0 Å². The summed E-state index contributed by atoms with van der Waals surface area (Å²) in [6.45, 7) is 0.182. The van der Waals surface area contributed by atoms with Crippen LogP contribution in [0.15, 0.2) is 14.0 Å². The lowest BCUT2D eigenvalue weighted by Gasteiger charge is -2.10. The maximum Gasteiger partial charge on any atom is 0.467 e. The summed E-state index contributed by atoms with van der Waals surface area (Å²) in [5.74, 6) is 0. The topological polar surface area (TPSA) is 143 Å². The second-order valence-electron chi connectivity index (χ2n) is 2.78. The largest absolute Gasteiger partial charge is 0.467 e. The number of amides is 2. The monoisotopic (exact) mass is 255 g/mol. The number of hydrogen-bond acceptors (Lipinski definition) is 7. The highest BCUT2D eigenvalue weighted by molar-refractivity contribution is 6.76. The van der Waals surface area contributed by atoms with Crippen LogP contribution in [0.4, 0.5) is 4.79 Å². The van der Waals surface area contributed by atoms with Crippen molar-refractivity contribution in [2.45, 2.75) is 12.5 Å². The highest BCUT2D eigenvalue weighted by Crippen LogP contribution is 2.15. The molecule has 90 valence electrons. The van der Waals surface area contributed by atoms with Gasteiger partial charge in [-0.15, -0.1) is 0 Å². The van der Waals surface area contributed by atoms with Crippen molar-refractivity contribution in [1.29, 1.82) is 0 Å². The van der Waals surface area contributed by atoms with Gasteiger partial charge >= 0.3 is 14.6 Å². The van der Waals surface area contributed by atoms with Gasteiger partial charge in [0.15, 0.2) is 0 Å². The minimum Gasteiger partial charge on any atom is -0.352 e. The lowest BCUT2D eigenvalue weighted by Crippen LogP contribution is -2.33. The standard InChI is InChI=1S/C7H9N5O4Si/c8-7(16)9-2-1-3-17(10-4-13,11-5-14)12-6-15/h1-3H2,(H3,8,9,16). The van der Waals surface area contributed by atoms with E-state index in [2.05, 4.69) is 19.3 Å². The summed E-state index contributed by atoms with van der Waals surface area (Å²) in [5.41, 5.74) is 4.82. The number of hydrogen-bond donors (Lipinski definition) is 2. The Morgan fingerprint density at radius 2 is 1.59 bits per heavy atom. The van der Waals surface area contributed by atoms with Crippen LogP contribution in [0, 0.1) is 0 Å². The summed E-state index contributed by atoms with van der Waals surface area (Å²) in [7, 11) is -3.46. The fraction of sp³-hybridized carbons (Fsp3) is 0.429. The molecule has 0 bridgehead atoms. The molecule has 0 aromatic rings. The maximum atomic E-state index is 10.4. The molecule has 2 amide bonds. The molecule has 0 aliphatic carbocycles. The van der Waals surface area contributed by atoms with E-state index in [-0.39, 0.29) is 19.0 Å². The van der Waals surface area contributed by atoms with E-state index in [1.807, 2.05) is 0 Å². The van der Waals surface area contributed by atoms with Gasteiger partial charge < -0.3 is 11.1 Å². The average molecular weight is 255 g/mol. The third kappa shape index (κ3) is 5.93. The molecule has 10 heteroatoms. The number of primary amides is 1. The Morgan fingerprint density at radius 1 is 1.12 bits per heavy atom. The van der Waals surface area contributed by atoms with Crippen LogP contribution in [0.3, 0.4) is 0 Å². The van der Waals surface area contributed by atoms with Crippen LogP contribution >= 0.6 is 0 Å². The minimum atomic E-state index is -3.46. The van der Waals surface area contributed by atoms with Gasteiger partial charge in [-0.1, -0.05) is 0 Å². The summed E-state index contributed by atoms with van der Waals surface area (Å²) < 4.78 is 9.85. The van der Waals surface area contributed by atoms with E-state index in [0.717, 1.165) is 0 Å². The average Bonchev–Trinajstić information content (AvgIpc) is 2.25. The molecule has 9 nitrogen and oxygen atoms in total. The van der Waals surface area contributed by atoms with Crippen LogP contribution in [0.5, 0.6) is 0 Å². The van der Waals surface area contributed by atoms with Crippen molar-refractivity contribution < 1.29 is 19.2 Å². The van der Waals surface area contributed by atoms with Gasteiger partial charge in [0, 0.05) is 12.6 Å². The number of rotatable bonds is 7. The number of nitrogens with one attached hydrogen (secondary N) is 1. The predicted octanol–water partition coefficient (Wildman–Crippen LogP) is -1.01. The van der Waals surface area contributed by atoms with Crippen LogP contribution in [-0.4, -0.2) is 39.4 Å². The molecule has 0 aliphatic heterocycles. The molecule has 0 heterocycles. The van der Waals surface area contributed by atoms with Crippen LogP contribution < -0.4 is 11.1 Å². The number of urea groups is 1. The van der Waals surface area contributed by atoms with Crippen LogP contribution in [-0.2, 0) is 14.4 Å². The van der Waals surface area contributed by atoms with Gasteiger partial charge in [0.1, 0.15) is 0 Å². The Bertz CT molecular complexity index is 374. The van der Waals surface area contributed by atoms with Gasteiger partial charge in [-0.3, -0.25) is 0 Å². The summed E-state index contributed by atoms with van der Waals surface area (Å²) in [5, 5.41) is 2.28. The summed E-state index contributed by atoms with van der Waals surface area (Å²) in [6.07, 6.45) is 3.91. The molecule has 0 aromatic heterocycles. The zero-order chi connectivity index (χ0) is 13.1. The molecule has 0 spiro atoms. The van der Waals surface area contributed by atoms with Gasteiger partial charge in [0.2, 0.25) is 18.2 Å². The van der Waals surface area contributed by atoms with Gasteiger partial charge in [-0.25, -0.2) is 19.2 Å². The van der Waals surface area contributed by atoms with Crippen LogP contribution in [0.1, 0.15) is 6.42 Å². The molecule has 17 heavy (non-hydrogen) atoms. The van der Waals surface area contributed by atoms with Crippen LogP contribution in [0.25, 0.3) is 0 Å². The van der Waals surface area contributed by atoms with Gasteiger partial charge in [-0.05, 0) is 6.42 Å². The van der Waals surface area contributed by atoms with Crippen molar-refractivity contribution in [2.24, 2.45) is 19.7 Å². The van der Waals surface area contributed by atoms with E-state index in [1.165, 1.54) is 18.2 Å². The van der Waals surface area contributed by atoms with Crippen molar-refractivity contribution >= 4 is 32.8 Å². The zero-order valence-electron chi connectivity index (χ0n) is 8.67. The Hall–Kier alpha value is -2.37. The smallest absolute Gasteiger partial charge is 0.352 e. The van der Waals surface area contributed by atoms with Crippen molar-refractivity contribution in [3.8, 4) is 0 Å². The molecule has 0 unspecified atom stereocenters. The van der Waals surface area contributed by atoms with Crippen molar-refractivity contribution in [1.82, 2.24) is 5.32 Å². The molecule has 0 saturated heterocycles. The molecule has 0 fully saturated rings. The van der Waals surface area contributed by atoms with Crippen molar-refractivity contribution in [3.63, 3.8) is 0 Å². The summed E-state index contributed by atoms with van der Waals surface area (Å²) in [6, 6.07) is -0.651. The number of carbonyl (C=O) groups is 1. The van der Waals surface area contributed by atoms with E-state index in [9.17, 15) is 19.2 Å². The maximum absolute atomic E-state index is 10.4. The van der Waals surface area contributed by atoms with Gasteiger partial charge in [0.05, 0.1) is 0 Å². The Morgan fingerprint density at radius 3 is 1.94 bits per heavy atom. The molecule has 0 aliphatic rings. The molecule has 0 rings (SSSR count). The van der Waals surface area contributed by atoms with Crippen molar-refractivity contribution in [3.05, 3.63) is 0 Å². The second-order valence-corrected chi connectivity index (χ2v) is 5.50. The number of nitrogens with two attached hydrogens (primary N) is 1. The fourth-order valence-corrected chi connectivity index (χ4v) is 2.57. The van der Waals surface area contributed by atoms with E-state index >= 15 is 0 Å². The first-order valence-corrected chi connectivity index (χ1v) is 6.45. The quantitative estimate of drug-likeness (QED) is 0.260. The molecule has 0 saturated carbocycles. The van der Waals surface area contributed by atoms with Gasteiger partial charge in [-0.2, -0.15) is 14.0 Å². The molecular formula is C7H9N5O4Si. The Kier molecular flexibility index (Phi) is 6.76. The highest BCUT2D eigenvalue weighted by Gasteiger charge is 2.35. The Labute approximate surface area is 96.8 Å². The molecule has 0 atom stereocenters. The van der Waals surface area contributed by atoms with E-state index in [4.69, 9.17) is 5.73 Å². The minimum absolute atomic E-state index is 0.0625. The summed E-state index contributed by atoms with van der Waals surface area (Å²) in [4.78, 5) is 40.9. The zero-order valence-corrected chi connectivity index (χ0v) is 9.67. The van der Waals surface area contributed by atoms with E-state index < -0.39 is 14.6 Å². The van der Waals surface area contributed by atoms with E-state index in [1.54, 1.807) is 0 Å². The SMILES string of the molecule is NC(=O)NCCC[Si](N=C=O)(N=C=O)N=C=O. The molecular weight excluding hydrogens is 246 g/mol. The predicted molar refractivity (Wildman–Crippen MR) is 57.1 cm³/mol. The first-order valence-electron chi connectivity index (χ1n) is 4.40. The normalized spacial score (nSPS) is 12.0. The lowest BCUT2D eigenvalue weighted by molar-refractivity contribution is 0.249. The van der Waals surface area contributed by atoms with Crippen LogP contribution in [0.2, 0.25) is 6.04 Å². The lowest BCUT2D eigenvalue weighted by atomic mass is 10.5. The molecule has 3 N–H and O–H groups in total. The Balaban J connectivity index is 4.68. The number of carbonyl (C=O) groups excluding carboxylic acids is 4. The number of isocyanates is 3. The van der Waals surface area contributed by atoms with Crippen molar-refractivity contribution in [2.75, 3.05) is 6.54 Å². The highest BCUT2D eigenvalue weighted by atomic mass is 28.4. The number of nitrogens with zero attached hydrogens (tertiary/aromatic N) is 3. The second kappa shape index (κ2) is 7.86. The first kappa shape index (κ1) is 14.6. The van der Waals surface area contributed by atoms with Gasteiger partial charge in [0.25, 0.3) is 0 Å². The fourth-order valence-electron chi connectivity index (χ4n) is 0.999. The summed E-state index contributed by atoms with van der Waals surface area (Å²) >= 11 is 0. The third-order valence-corrected chi connectivity index (χ3v) is 4.03. The first-order chi connectivity index (χ1) is 8.10. The third-order valence-electron chi connectivity index (χ3n) is 1.66.